The first-order chi connectivity index (χ1) is 12.2. The van der Waals surface area contributed by atoms with Gasteiger partial charge in [-0.2, -0.15) is 13.2 Å². The molecule has 1 aliphatic rings. The maximum absolute atomic E-state index is 13.6. The first-order valence-electron chi connectivity index (χ1n) is 7.78. The fraction of sp³-hybridized carbons (Fsp3) is 0.353. The Bertz CT molecular complexity index is 818. The molecule has 0 radical (unpaired) electrons. The molecule has 0 atom stereocenters. The zero-order chi connectivity index (χ0) is 18.9. The Balaban J connectivity index is 1.74. The number of carbonyl (C=O) groups is 1. The minimum Gasteiger partial charge on any atom is -0.464 e. The van der Waals surface area contributed by atoms with Crippen LogP contribution in [0.2, 0.25) is 0 Å². The molecular weight excluding hydrogens is 354 g/mol. The molecule has 3 rings (SSSR count). The number of halogens is 4. The summed E-state index contributed by atoms with van der Waals surface area (Å²) in [5.41, 5.74) is -1.23. The summed E-state index contributed by atoms with van der Waals surface area (Å²) in [6.07, 6.45) is -3.33. The lowest BCUT2D eigenvalue weighted by atomic mass is 9.94. The number of carbonyl (C=O) groups excluding carboxylic acids is 1. The Kier molecular flexibility index (Phi) is 4.55. The van der Waals surface area contributed by atoms with Gasteiger partial charge in [0.15, 0.2) is 5.69 Å². The van der Waals surface area contributed by atoms with E-state index in [2.05, 4.69) is 20.3 Å². The zero-order valence-electron chi connectivity index (χ0n) is 13.7. The highest BCUT2D eigenvalue weighted by Crippen LogP contribution is 2.49. The standard InChI is InChI=1S/C17H15F4N3O2/c1-26-15(25)13-2-3-14(24-23-13)22-9-16(4-5-16)10-6-11(17(19,20)21)8-12(18)7-10/h2-3,6-8H,4-5,9H2,1H3,(H,22,24). The molecule has 0 bridgehead atoms. The highest BCUT2D eigenvalue weighted by Gasteiger charge is 2.45. The van der Waals surface area contributed by atoms with Crippen LogP contribution in [0.5, 0.6) is 0 Å². The van der Waals surface area contributed by atoms with Gasteiger partial charge in [0.1, 0.15) is 11.6 Å². The Labute approximate surface area is 146 Å². The van der Waals surface area contributed by atoms with E-state index in [-0.39, 0.29) is 12.2 Å². The molecule has 0 saturated heterocycles. The SMILES string of the molecule is COC(=O)c1ccc(NCC2(c3cc(F)cc(C(F)(F)F)c3)CC2)nn1. The van der Waals surface area contributed by atoms with Crippen LogP contribution in [0, 0.1) is 5.82 Å². The van der Waals surface area contributed by atoms with Crippen molar-refractivity contribution in [2.24, 2.45) is 0 Å². The van der Waals surface area contributed by atoms with E-state index in [0.29, 0.717) is 30.3 Å². The van der Waals surface area contributed by atoms with Gasteiger partial charge < -0.3 is 10.1 Å². The number of aromatic nitrogens is 2. The topological polar surface area (TPSA) is 64.1 Å². The monoisotopic (exact) mass is 369 g/mol. The van der Waals surface area contributed by atoms with Gasteiger partial charge in [-0.25, -0.2) is 9.18 Å². The van der Waals surface area contributed by atoms with E-state index in [1.807, 2.05) is 0 Å². The van der Waals surface area contributed by atoms with Crippen LogP contribution in [0.25, 0.3) is 0 Å². The number of nitrogens with zero attached hydrogens (tertiary/aromatic N) is 2. The summed E-state index contributed by atoms with van der Waals surface area (Å²) < 4.78 is 56.9. The molecule has 1 saturated carbocycles. The predicted octanol–water partition coefficient (Wildman–Crippen LogP) is 3.56. The first kappa shape index (κ1) is 18.1. The molecule has 9 heteroatoms. The van der Waals surface area contributed by atoms with Gasteiger partial charge in [0.2, 0.25) is 0 Å². The van der Waals surface area contributed by atoms with Gasteiger partial charge >= 0.3 is 12.1 Å². The number of hydrogen-bond donors (Lipinski definition) is 1. The van der Waals surface area contributed by atoms with Crippen molar-refractivity contribution < 1.29 is 27.1 Å². The number of hydrogen-bond acceptors (Lipinski definition) is 5. The Morgan fingerprint density at radius 2 is 1.96 bits per heavy atom. The number of benzene rings is 1. The van der Waals surface area contributed by atoms with E-state index < -0.39 is 28.9 Å². The smallest absolute Gasteiger partial charge is 0.416 e. The number of ether oxygens (including phenoxy) is 1. The maximum atomic E-state index is 13.6. The van der Waals surface area contributed by atoms with Crippen LogP contribution >= 0.6 is 0 Å². The van der Waals surface area contributed by atoms with Crippen molar-refractivity contribution >= 4 is 11.8 Å². The van der Waals surface area contributed by atoms with Crippen molar-refractivity contribution in [1.82, 2.24) is 10.2 Å². The molecule has 0 amide bonds. The van der Waals surface area contributed by atoms with Gasteiger partial charge in [-0.15, -0.1) is 10.2 Å². The number of methoxy groups -OCH3 is 1. The van der Waals surface area contributed by atoms with Gasteiger partial charge in [0, 0.05) is 12.0 Å². The van der Waals surface area contributed by atoms with Crippen molar-refractivity contribution in [3.8, 4) is 0 Å². The minimum absolute atomic E-state index is 0.0409. The second-order valence-corrected chi connectivity index (χ2v) is 6.16. The van der Waals surface area contributed by atoms with Gasteiger partial charge in [0.05, 0.1) is 12.7 Å². The maximum Gasteiger partial charge on any atom is 0.416 e. The number of alkyl halides is 3. The summed E-state index contributed by atoms with van der Waals surface area (Å²) in [6.45, 7) is 0.278. The van der Waals surface area contributed by atoms with Crippen LogP contribution in [0.4, 0.5) is 23.4 Å². The Hall–Kier alpha value is -2.71. The highest BCUT2D eigenvalue weighted by atomic mass is 19.4. The van der Waals surface area contributed by atoms with Gasteiger partial charge in [-0.05, 0) is 48.7 Å². The average Bonchev–Trinajstić information content (AvgIpc) is 3.40. The van der Waals surface area contributed by atoms with Gasteiger partial charge in [-0.3, -0.25) is 0 Å². The molecule has 1 heterocycles. The third kappa shape index (κ3) is 3.76. The molecule has 1 fully saturated rings. The number of nitrogens with one attached hydrogen (secondary N) is 1. The van der Waals surface area contributed by atoms with Crippen LogP contribution in [0.1, 0.15) is 34.5 Å². The second-order valence-electron chi connectivity index (χ2n) is 6.16. The molecule has 0 unspecified atom stereocenters. The molecule has 138 valence electrons. The van der Waals surface area contributed by atoms with Crippen LogP contribution in [0.15, 0.2) is 30.3 Å². The lowest BCUT2D eigenvalue weighted by molar-refractivity contribution is -0.137. The predicted molar refractivity (Wildman–Crippen MR) is 84.2 cm³/mol. The summed E-state index contributed by atoms with van der Waals surface area (Å²) in [4.78, 5) is 11.3. The normalized spacial score (nSPS) is 15.4. The molecule has 1 N–H and O–H groups in total. The van der Waals surface area contributed by atoms with E-state index in [9.17, 15) is 22.4 Å². The van der Waals surface area contributed by atoms with Gasteiger partial charge in [-0.1, -0.05) is 0 Å². The molecular formula is C17H15F4N3O2. The van der Waals surface area contributed by atoms with Crippen molar-refractivity contribution in [3.05, 3.63) is 53.0 Å². The Morgan fingerprint density at radius 1 is 1.23 bits per heavy atom. The van der Waals surface area contributed by atoms with Crippen molar-refractivity contribution in [3.63, 3.8) is 0 Å². The zero-order valence-corrected chi connectivity index (χ0v) is 13.7. The third-order valence-electron chi connectivity index (χ3n) is 4.36. The van der Waals surface area contributed by atoms with E-state index in [1.54, 1.807) is 0 Å². The minimum atomic E-state index is -4.60. The Morgan fingerprint density at radius 3 is 2.50 bits per heavy atom. The van der Waals surface area contributed by atoms with Crippen molar-refractivity contribution in [2.45, 2.75) is 24.4 Å². The van der Waals surface area contributed by atoms with Crippen LogP contribution in [-0.4, -0.2) is 29.8 Å². The molecule has 1 aromatic carbocycles. The molecule has 1 aromatic heterocycles. The van der Waals surface area contributed by atoms with E-state index >= 15 is 0 Å². The fourth-order valence-electron chi connectivity index (χ4n) is 2.68. The molecule has 0 aliphatic heterocycles. The first-order valence-corrected chi connectivity index (χ1v) is 7.78. The largest absolute Gasteiger partial charge is 0.464 e. The number of anilines is 1. The second kappa shape index (κ2) is 6.54. The number of rotatable bonds is 5. The molecule has 2 aromatic rings. The van der Waals surface area contributed by atoms with E-state index in [0.717, 1.165) is 12.1 Å². The summed E-state index contributed by atoms with van der Waals surface area (Å²) in [6, 6.07) is 5.55. The van der Waals surface area contributed by atoms with Crippen molar-refractivity contribution in [1.29, 1.82) is 0 Å². The summed E-state index contributed by atoms with van der Waals surface area (Å²) >= 11 is 0. The van der Waals surface area contributed by atoms with Crippen LogP contribution in [-0.2, 0) is 16.3 Å². The summed E-state index contributed by atoms with van der Waals surface area (Å²) in [5, 5.41) is 10.5. The number of esters is 1. The van der Waals surface area contributed by atoms with Crippen LogP contribution < -0.4 is 5.32 Å². The lowest BCUT2D eigenvalue weighted by Crippen LogP contribution is -2.21. The average molecular weight is 369 g/mol. The highest BCUT2D eigenvalue weighted by molar-refractivity contribution is 5.86. The summed E-state index contributed by atoms with van der Waals surface area (Å²) in [7, 11) is 1.22. The lowest BCUT2D eigenvalue weighted by Gasteiger charge is -2.19. The fourth-order valence-corrected chi connectivity index (χ4v) is 2.68. The van der Waals surface area contributed by atoms with Gasteiger partial charge in [0.25, 0.3) is 0 Å². The van der Waals surface area contributed by atoms with Crippen molar-refractivity contribution in [2.75, 3.05) is 19.0 Å². The molecule has 26 heavy (non-hydrogen) atoms. The van der Waals surface area contributed by atoms with Crippen LogP contribution in [0.3, 0.4) is 0 Å². The quantitative estimate of drug-likeness (QED) is 0.645. The molecule has 1 aliphatic carbocycles. The van der Waals surface area contributed by atoms with E-state index in [1.165, 1.54) is 19.2 Å². The molecule has 5 nitrogen and oxygen atoms in total. The third-order valence-corrected chi connectivity index (χ3v) is 4.36. The molecule has 0 spiro atoms. The summed E-state index contributed by atoms with van der Waals surface area (Å²) in [5.74, 6) is -1.18. The van der Waals surface area contributed by atoms with E-state index in [4.69, 9.17) is 0 Å².